The van der Waals surface area contributed by atoms with Gasteiger partial charge in [0, 0.05) is 62.9 Å². The van der Waals surface area contributed by atoms with Crippen LogP contribution < -0.4 is 10.6 Å². The number of hydrogen-bond acceptors (Lipinski definition) is 6. The second-order valence-electron chi connectivity index (χ2n) is 12.6. The molecular formula is C36H47N3O3. The van der Waals surface area contributed by atoms with E-state index < -0.39 is 0 Å². The number of nitrogens with zero attached hydrogens (tertiary/aromatic N) is 2. The van der Waals surface area contributed by atoms with Crippen molar-refractivity contribution >= 4 is 17.3 Å². The van der Waals surface area contributed by atoms with Crippen molar-refractivity contribution in [2.75, 3.05) is 38.3 Å². The maximum absolute atomic E-state index is 13.8. The predicted octanol–water partition coefficient (Wildman–Crippen LogP) is 6.40. The number of anilines is 1. The molecule has 1 saturated carbocycles. The minimum Gasteiger partial charge on any atom is -0.379 e. The highest BCUT2D eigenvalue weighted by Crippen LogP contribution is 2.35. The average molecular weight is 570 g/mol. The molecule has 1 heterocycles. The topological polar surface area (TPSA) is 75.9 Å². The molecule has 2 fully saturated rings. The Morgan fingerprint density at radius 1 is 1.00 bits per heavy atom. The zero-order valence-corrected chi connectivity index (χ0v) is 25.9. The Labute approximate surface area is 251 Å². The SMILES string of the molecule is CC1=CC(C)=C(CCC(=O)c2cc(-c3ccc(CN4CCOCC4)cc3)cc(N(C)C3CCC(N)CC3)c2C)C(=O)C1. The second kappa shape index (κ2) is 13.5. The van der Waals surface area contributed by atoms with Gasteiger partial charge in [-0.3, -0.25) is 14.5 Å². The van der Waals surface area contributed by atoms with Crippen molar-refractivity contribution in [2.24, 2.45) is 5.73 Å². The Kier molecular flexibility index (Phi) is 9.77. The van der Waals surface area contributed by atoms with Crippen molar-refractivity contribution in [3.05, 3.63) is 75.9 Å². The standard InChI is InChI=1S/C36H47N3O3/c1-24-19-25(2)32(36(41)20-24)13-14-35(40)33-21-29(22-34(26(33)3)38(4)31-11-9-30(37)10-12-31)28-7-5-27(6-8-28)23-39-15-17-42-18-16-39/h5-8,19,21-22,30-31H,9-18,20,23,37H2,1-4H3. The van der Waals surface area contributed by atoms with E-state index in [-0.39, 0.29) is 17.6 Å². The molecule has 6 heteroatoms. The van der Waals surface area contributed by atoms with E-state index in [0.717, 1.165) is 103 Å². The summed E-state index contributed by atoms with van der Waals surface area (Å²) in [4.78, 5) is 31.4. The largest absolute Gasteiger partial charge is 0.379 e. The lowest BCUT2D eigenvalue weighted by Gasteiger charge is -2.36. The van der Waals surface area contributed by atoms with Crippen LogP contribution in [0.1, 0.15) is 80.3 Å². The second-order valence-corrected chi connectivity index (χ2v) is 12.6. The monoisotopic (exact) mass is 569 g/mol. The Morgan fingerprint density at radius 2 is 1.69 bits per heavy atom. The van der Waals surface area contributed by atoms with Crippen LogP contribution in [0.4, 0.5) is 5.69 Å². The van der Waals surface area contributed by atoms with E-state index in [2.05, 4.69) is 66.2 Å². The summed E-state index contributed by atoms with van der Waals surface area (Å²) in [6, 6.07) is 13.8. The minimum absolute atomic E-state index is 0.0954. The van der Waals surface area contributed by atoms with Crippen LogP contribution in [0.2, 0.25) is 0 Å². The summed E-state index contributed by atoms with van der Waals surface area (Å²) in [7, 11) is 2.16. The molecule has 2 aromatic carbocycles. The first-order valence-corrected chi connectivity index (χ1v) is 15.7. The summed E-state index contributed by atoms with van der Waals surface area (Å²) in [6.07, 6.45) is 7.53. The number of morpholine rings is 1. The minimum atomic E-state index is 0.0954. The van der Waals surface area contributed by atoms with Gasteiger partial charge in [0.15, 0.2) is 11.6 Å². The van der Waals surface area contributed by atoms with E-state index in [9.17, 15) is 9.59 Å². The molecule has 42 heavy (non-hydrogen) atoms. The number of carbonyl (C=O) groups is 2. The van der Waals surface area contributed by atoms with E-state index in [1.165, 1.54) is 5.56 Å². The van der Waals surface area contributed by atoms with Gasteiger partial charge in [-0.05, 0) is 98.4 Å². The van der Waals surface area contributed by atoms with Crippen LogP contribution in [0.25, 0.3) is 11.1 Å². The van der Waals surface area contributed by atoms with Gasteiger partial charge in [0.25, 0.3) is 0 Å². The van der Waals surface area contributed by atoms with Crippen molar-refractivity contribution in [3.63, 3.8) is 0 Å². The third-order valence-corrected chi connectivity index (χ3v) is 9.46. The molecule has 0 bridgehead atoms. The van der Waals surface area contributed by atoms with Gasteiger partial charge < -0.3 is 15.4 Å². The van der Waals surface area contributed by atoms with Crippen LogP contribution in [-0.2, 0) is 16.1 Å². The van der Waals surface area contributed by atoms with Gasteiger partial charge in [0.2, 0.25) is 0 Å². The number of ether oxygens (including phenoxy) is 1. The van der Waals surface area contributed by atoms with Crippen LogP contribution in [0.3, 0.4) is 0 Å². The third kappa shape index (κ3) is 7.11. The van der Waals surface area contributed by atoms with Gasteiger partial charge in [-0.2, -0.15) is 0 Å². The zero-order valence-electron chi connectivity index (χ0n) is 25.9. The maximum atomic E-state index is 13.8. The molecule has 0 aromatic heterocycles. The number of rotatable bonds is 9. The van der Waals surface area contributed by atoms with Crippen LogP contribution in [-0.4, -0.2) is 61.9 Å². The first-order chi connectivity index (χ1) is 20.2. The lowest BCUT2D eigenvalue weighted by Crippen LogP contribution is -2.39. The number of hydrogen-bond donors (Lipinski definition) is 1. The number of ketones is 2. The van der Waals surface area contributed by atoms with Gasteiger partial charge in [0.1, 0.15) is 0 Å². The lowest BCUT2D eigenvalue weighted by molar-refractivity contribution is -0.115. The van der Waals surface area contributed by atoms with Gasteiger partial charge in [-0.1, -0.05) is 35.9 Å². The van der Waals surface area contributed by atoms with Gasteiger partial charge >= 0.3 is 0 Å². The summed E-state index contributed by atoms with van der Waals surface area (Å²) < 4.78 is 5.50. The van der Waals surface area contributed by atoms with Crippen molar-refractivity contribution in [1.29, 1.82) is 0 Å². The molecule has 0 amide bonds. The molecule has 2 N–H and O–H groups in total. The summed E-state index contributed by atoms with van der Waals surface area (Å²) >= 11 is 0. The fourth-order valence-corrected chi connectivity index (χ4v) is 6.82. The quantitative estimate of drug-likeness (QED) is 0.352. The van der Waals surface area contributed by atoms with Crippen LogP contribution in [0.5, 0.6) is 0 Å². The number of nitrogens with two attached hydrogens (primary N) is 1. The number of Topliss-reactive ketones (excluding diaryl/α,β-unsaturated/α-hetero) is 2. The first kappa shape index (κ1) is 30.4. The highest BCUT2D eigenvalue weighted by Gasteiger charge is 2.26. The van der Waals surface area contributed by atoms with E-state index in [1.807, 2.05) is 13.8 Å². The molecule has 5 rings (SSSR count). The zero-order chi connectivity index (χ0) is 29.8. The van der Waals surface area contributed by atoms with Crippen molar-refractivity contribution in [3.8, 4) is 11.1 Å². The molecule has 0 unspecified atom stereocenters. The molecule has 0 atom stereocenters. The fourth-order valence-electron chi connectivity index (χ4n) is 6.82. The van der Waals surface area contributed by atoms with E-state index in [0.29, 0.717) is 25.3 Å². The Balaban J connectivity index is 1.43. The summed E-state index contributed by atoms with van der Waals surface area (Å²) in [6.45, 7) is 10.5. The maximum Gasteiger partial charge on any atom is 0.163 e. The van der Waals surface area contributed by atoms with Crippen LogP contribution in [0, 0.1) is 6.92 Å². The Bertz CT molecular complexity index is 1360. The Morgan fingerprint density at radius 3 is 2.36 bits per heavy atom. The van der Waals surface area contributed by atoms with Crippen molar-refractivity contribution < 1.29 is 14.3 Å². The average Bonchev–Trinajstić information content (AvgIpc) is 2.97. The molecule has 224 valence electrons. The molecular weight excluding hydrogens is 522 g/mol. The molecule has 6 nitrogen and oxygen atoms in total. The smallest absolute Gasteiger partial charge is 0.163 e. The van der Waals surface area contributed by atoms with Crippen LogP contribution >= 0.6 is 0 Å². The van der Waals surface area contributed by atoms with Gasteiger partial charge in [-0.25, -0.2) is 0 Å². The van der Waals surface area contributed by atoms with E-state index in [1.54, 1.807) is 0 Å². The number of allylic oxidation sites excluding steroid dienone is 4. The molecule has 0 radical (unpaired) electrons. The Hall–Kier alpha value is -3.06. The summed E-state index contributed by atoms with van der Waals surface area (Å²) in [5, 5.41) is 0. The molecule has 1 aliphatic heterocycles. The van der Waals surface area contributed by atoms with Crippen molar-refractivity contribution in [2.45, 2.75) is 84.3 Å². The molecule has 0 spiro atoms. The van der Waals surface area contributed by atoms with Crippen molar-refractivity contribution in [1.82, 2.24) is 4.90 Å². The van der Waals surface area contributed by atoms with Gasteiger partial charge in [-0.15, -0.1) is 0 Å². The van der Waals surface area contributed by atoms with Gasteiger partial charge in [0.05, 0.1) is 13.2 Å². The first-order valence-electron chi connectivity index (χ1n) is 15.7. The number of carbonyl (C=O) groups excluding carboxylic acids is 2. The highest BCUT2D eigenvalue weighted by molar-refractivity contribution is 6.03. The molecule has 2 aromatic rings. The molecule has 3 aliphatic rings. The third-order valence-electron chi connectivity index (χ3n) is 9.46. The highest BCUT2D eigenvalue weighted by atomic mass is 16.5. The normalized spacial score (nSPS) is 21.8. The van der Waals surface area contributed by atoms with E-state index >= 15 is 0 Å². The molecule has 2 aliphatic carbocycles. The summed E-state index contributed by atoms with van der Waals surface area (Å²) in [5.41, 5.74) is 15.4. The molecule has 1 saturated heterocycles. The fraction of sp³-hybridized carbons (Fsp3) is 0.500. The van der Waals surface area contributed by atoms with E-state index in [4.69, 9.17) is 10.5 Å². The predicted molar refractivity (Wildman–Crippen MR) is 171 cm³/mol. The van der Waals surface area contributed by atoms with Crippen LogP contribution in [0.15, 0.2) is 59.2 Å². The summed E-state index contributed by atoms with van der Waals surface area (Å²) in [5.74, 6) is 0.247. The lowest BCUT2D eigenvalue weighted by atomic mass is 9.87. The number of benzene rings is 2.